The average molecular weight is 226 g/mol. The number of halogens is 2. The number of nitrogens with two attached hydrogens (primary N) is 1. The van der Waals surface area contributed by atoms with Crippen LogP contribution in [-0.4, -0.2) is 25.3 Å². The number of para-hydroxylation sites is 1. The summed E-state index contributed by atoms with van der Waals surface area (Å²) < 4.78 is 26.4. The van der Waals surface area contributed by atoms with Gasteiger partial charge in [-0.1, -0.05) is 12.1 Å². The maximum Gasteiger partial charge on any atom is 0.146 e. The maximum atomic E-state index is 13.6. The minimum atomic E-state index is -0.819. The summed E-state index contributed by atoms with van der Waals surface area (Å²) in [7, 11) is 0. The summed E-state index contributed by atoms with van der Waals surface area (Å²) in [6.45, 7) is 0.558. The average Bonchev–Trinajstić information content (AvgIpc) is 2.30. The van der Waals surface area contributed by atoms with Gasteiger partial charge in [-0.3, -0.25) is 0 Å². The normalized spacial score (nSPS) is 25.8. The molecule has 88 valence electrons. The molecule has 1 fully saturated rings. The van der Waals surface area contributed by atoms with Gasteiger partial charge in [-0.15, -0.1) is 0 Å². The van der Waals surface area contributed by atoms with Crippen LogP contribution in [0.4, 0.5) is 14.5 Å². The number of anilines is 1. The number of nitrogens with zero attached hydrogens (tertiary/aromatic N) is 1. The molecule has 1 aliphatic heterocycles. The highest BCUT2D eigenvalue weighted by Crippen LogP contribution is 2.26. The van der Waals surface area contributed by atoms with E-state index in [0.717, 1.165) is 13.0 Å². The third kappa shape index (κ3) is 2.16. The van der Waals surface area contributed by atoms with Crippen molar-refractivity contribution in [3.8, 4) is 0 Å². The molecular weight excluding hydrogens is 210 g/mol. The molecule has 4 heteroatoms. The van der Waals surface area contributed by atoms with E-state index in [2.05, 4.69) is 0 Å². The van der Waals surface area contributed by atoms with E-state index < -0.39 is 12.2 Å². The first kappa shape index (κ1) is 11.3. The second-order valence-electron chi connectivity index (χ2n) is 4.47. The van der Waals surface area contributed by atoms with Gasteiger partial charge in [0.05, 0.1) is 11.2 Å². The molecule has 16 heavy (non-hydrogen) atoms. The molecule has 2 rings (SSSR count). The number of benzene rings is 1. The molecule has 1 atom stereocenters. The molecule has 2 N–H and O–H groups in total. The molecule has 1 unspecified atom stereocenters. The predicted molar refractivity (Wildman–Crippen MR) is 60.7 cm³/mol. The van der Waals surface area contributed by atoms with Crippen molar-refractivity contribution >= 4 is 5.69 Å². The quantitative estimate of drug-likeness (QED) is 0.836. The Morgan fingerprint density at radius 1 is 1.38 bits per heavy atom. The van der Waals surface area contributed by atoms with Crippen molar-refractivity contribution < 1.29 is 8.78 Å². The van der Waals surface area contributed by atoms with Crippen molar-refractivity contribution in [2.45, 2.75) is 18.4 Å². The van der Waals surface area contributed by atoms with Gasteiger partial charge in [-0.2, -0.15) is 0 Å². The van der Waals surface area contributed by atoms with Crippen molar-refractivity contribution in [3.63, 3.8) is 0 Å². The lowest BCUT2D eigenvalue weighted by Gasteiger charge is -2.39. The molecule has 0 amide bonds. The Bertz CT molecular complexity index is 370. The summed E-state index contributed by atoms with van der Waals surface area (Å²) in [5.41, 5.74) is 5.60. The zero-order valence-electron chi connectivity index (χ0n) is 9.13. The first-order valence-corrected chi connectivity index (χ1v) is 5.49. The van der Waals surface area contributed by atoms with Crippen molar-refractivity contribution in [2.24, 2.45) is 5.73 Å². The van der Waals surface area contributed by atoms with Gasteiger partial charge in [0.1, 0.15) is 12.5 Å². The lowest BCUT2D eigenvalue weighted by molar-refractivity contribution is 0.264. The van der Waals surface area contributed by atoms with E-state index in [1.165, 1.54) is 6.07 Å². The van der Waals surface area contributed by atoms with E-state index in [9.17, 15) is 8.78 Å². The van der Waals surface area contributed by atoms with Crippen molar-refractivity contribution in [3.05, 3.63) is 30.1 Å². The first-order valence-electron chi connectivity index (χ1n) is 5.49. The van der Waals surface area contributed by atoms with Crippen LogP contribution in [0.5, 0.6) is 0 Å². The lowest BCUT2D eigenvalue weighted by atomic mass is 9.91. The van der Waals surface area contributed by atoms with Crippen molar-refractivity contribution in [2.75, 3.05) is 24.7 Å². The van der Waals surface area contributed by atoms with Crippen LogP contribution in [0, 0.1) is 5.82 Å². The highest BCUT2D eigenvalue weighted by molar-refractivity contribution is 5.48. The predicted octanol–water partition coefficient (Wildman–Crippen LogP) is 2.09. The number of hydrogen-bond donors (Lipinski definition) is 1. The standard InChI is InChI=1S/C12H16F2N2/c13-8-12(15)6-3-7-16(9-12)11-5-2-1-4-10(11)14/h1-2,4-5H,3,6-9,15H2. The molecule has 1 aliphatic rings. The fourth-order valence-corrected chi connectivity index (χ4v) is 2.18. The van der Waals surface area contributed by atoms with E-state index in [4.69, 9.17) is 5.73 Å². The number of rotatable bonds is 2. The summed E-state index contributed by atoms with van der Waals surface area (Å²) in [5, 5.41) is 0. The lowest BCUT2D eigenvalue weighted by Crippen LogP contribution is -2.56. The van der Waals surface area contributed by atoms with Gasteiger partial charge >= 0.3 is 0 Å². The molecule has 1 aromatic rings. The molecule has 0 aromatic heterocycles. The van der Waals surface area contributed by atoms with Gasteiger partial charge < -0.3 is 10.6 Å². The van der Waals surface area contributed by atoms with Crippen molar-refractivity contribution in [1.29, 1.82) is 0 Å². The van der Waals surface area contributed by atoms with Crippen LogP contribution in [0.25, 0.3) is 0 Å². The number of piperidine rings is 1. The number of alkyl halides is 1. The Hall–Kier alpha value is -1.16. The van der Waals surface area contributed by atoms with Gasteiger partial charge in [0.15, 0.2) is 0 Å². The highest BCUT2D eigenvalue weighted by atomic mass is 19.1. The fraction of sp³-hybridized carbons (Fsp3) is 0.500. The zero-order chi connectivity index (χ0) is 11.6. The Balaban J connectivity index is 2.19. The van der Waals surface area contributed by atoms with Crippen LogP contribution < -0.4 is 10.6 Å². The molecule has 1 saturated heterocycles. The fourth-order valence-electron chi connectivity index (χ4n) is 2.18. The van der Waals surface area contributed by atoms with Crippen LogP contribution in [0.2, 0.25) is 0 Å². The molecule has 0 aliphatic carbocycles. The molecular formula is C12H16F2N2. The van der Waals surface area contributed by atoms with Crippen LogP contribution in [-0.2, 0) is 0 Å². The van der Waals surface area contributed by atoms with Crippen molar-refractivity contribution in [1.82, 2.24) is 0 Å². The van der Waals surface area contributed by atoms with E-state index in [1.54, 1.807) is 18.2 Å². The first-order chi connectivity index (χ1) is 7.64. The van der Waals surface area contributed by atoms with Gasteiger partial charge in [0.25, 0.3) is 0 Å². The second-order valence-corrected chi connectivity index (χ2v) is 4.47. The summed E-state index contributed by atoms with van der Waals surface area (Å²) in [4.78, 5) is 1.83. The van der Waals surface area contributed by atoms with Crippen LogP contribution in [0.1, 0.15) is 12.8 Å². The molecule has 0 saturated carbocycles. The number of hydrogen-bond acceptors (Lipinski definition) is 2. The van der Waals surface area contributed by atoms with E-state index >= 15 is 0 Å². The molecule has 1 heterocycles. The third-order valence-corrected chi connectivity index (χ3v) is 3.07. The SMILES string of the molecule is NC1(CF)CCCN(c2ccccc2F)C1. The molecule has 1 aromatic carbocycles. The smallest absolute Gasteiger partial charge is 0.146 e. The summed E-state index contributed by atoms with van der Waals surface area (Å²) in [6, 6.07) is 6.55. The van der Waals surface area contributed by atoms with Gasteiger partial charge in [0, 0.05) is 13.1 Å². The van der Waals surface area contributed by atoms with Gasteiger partial charge in [-0.25, -0.2) is 8.78 Å². The van der Waals surface area contributed by atoms with Crippen LogP contribution in [0.3, 0.4) is 0 Å². The monoisotopic (exact) mass is 226 g/mol. The molecule has 0 spiro atoms. The molecule has 0 bridgehead atoms. The summed E-state index contributed by atoms with van der Waals surface area (Å²) in [5.74, 6) is -0.273. The van der Waals surface area contributed by atoms with E-state index in [-0.39, 0.29) is 5.82 Å². The van der Waals surface area contributed by atoms with E-state index in [1.807, 2.05) is 4.90 Å². The minimum Gasteiger partial charge on any atom is -0.367 e. The summed E-state index contributed by atoms with van der Waals surface area (Å²) in [6.07, 6.45) is 1.46. The summed E-state index contributed by atoms with van der Waals surface area (Å²) >= 11 is 0. The van der Waals surface area contributed by atoms with Crippen LogP contribution in [0.15, 0.2) is 24.3 Å². The highest BCUT2D eigenvalue weighted by Gasteiger charge is 2.32. The van der Waals surface area contributed by atoms with E-state index in [0.29, 0.717) is 18.7 Å². The second kappa shape index (κ2) is 4.37. The maximum absolute atomic E-state index is 13.6. The zero-order valence-corrected chi connectivity index (χ0v) is 9.13. The Kier molecular flexibility index (Phi) is 3.10. The van der Waals surface area contributed by atoms with Gasteiger partial charge in [-0.05, 0) is 25.0 Å². The Morgan fingerprint density at radius 3 is 2.81 bits per heavy atom. The molecule has 2 nitrogen and oxygen atoms in total. The Morgan fingerprint density at radius 2 is 2.12 bits per heavy atom. The van der Waals surface area contributed by atoms with Gasteiger partial charge in [0.2, 0.25) is 0 Å². The molecule has 0 radical (unpaired) electrons. The topological polar surface area (TPSA) is 29.3 Å². The third-order valence-electron chi connectivity index (χ3n) is 3.07. The largest absolute Gasteiger partial charge is 0.367 e. The van der Waals surface area contributed by atoms with Crippen LogP contribution >= 0.6 is 0 Å². The minimum absolute atomic E-state index is 0.273. The Labute approximate surface area is 94.0 Å².